The molecule has 0 spiro atoms. The molecule has 0 saturated heterocycles. The zero-order valence-corrected chi connectivity index (χ0v) is 41.9. The van der Waals surface area contributed by atoms with E-state index in [-0.39, 0.29) is 24.9 Å². The van der Waals surface area contributed by atoms with Crippen molar-refractivity contribution in [3.63, 3.8) is 0 Å². The summed E-state index contributed by atoms with van der Waals surface area (Å²) in [4.78, 5) is 26.2. The molecular weight excluding hydrogens is 791 g/mol. The Labute approximate surface area is 395 Å². The van der Waals surface area contributed by atoms with Gasteiger partial charge in [-0.1, -0.05) is 215 Å². The van der Waals surface area contributed by atoms with Gasteiger partial charge in [0.15, 0.2) is 0 Å². The summed E-state index contributed by atoms with van der Waals surface area (Å²) in [6, 6.07) is -0.714. The Bertz CT molecular complexity index is 1230. The standard InChI is InChI=1S/C58H101NO5/c1-4-7-10-13-16-19-21-23-25-27-28-30-32-34-36-39-42-45-48-51-58(63)64-54(49-46-43-40-38-35-33-31-29-26-24-22-20-17-14-11-8-5-2)52-57(62)59-55(53-60)56(61)50-47-44-41-37-18-15-12-9-6-3/h7,10,16-17,19-20,23-26,28,30,34,36,54-56,60-61H,4-6,8-9,11-15,18,21-22,27,29,31-33,35,37-53H2,1-3H3,(H,59,62)/b10-7-,19-16-,20-17-,25-23-,26-24-,30-28-,36-34-. The van der Waals surface area contributed by atoms with E-state index in [1.54, 1.807) is 0 Å². The topological polar surface area (TPSA) is 95.9 Å². The molecule has 1 amide bonds. The van der Waals surface area contributed by atoms with Crippen molar-refractivity contribution in [1.29, 1.82) is 0 Å². The van der Waals surface area contributed by atoms with Gasteiger partial charge in [-0.15, -0.1) is 0 Å². The lowest BCUT2D eigenvalue weighted by atomic mass is 10.0. The van der Waals surface area contributed by atoms with Gasteiger partial charge in [0.05, 0.1) is 25.2 Å². The SMILES string of the molecule is CC/C=C\C/C=C\C/C=C\C/C=C\C/C=C\CCCCCC(=O)OC(CCCCCCCCC/C=C\C/C=C\CCCCC)CC(=O)NC(CO)C(O)CCCCCCCCCCC. The van der Waals surface area contributed by atoms with Gasteiger partial charge in [0.2, 0.25) is 5.91 Å². The van der Waals surface area contributed by atoms with Crippen LogP contribution in [0.2, 0.25) is 0 Å². The second-order valence-corrected chi connectivity index (χ2v) is 17.9. The minimum Gasteiger partial charge on any atom is -0.462 e. The molecule has 6 nitrogen and oxygen atoms in total. The fraction of sp³-hybridized carbons (Fsp3) is 0.724. The molecule has 0 aliphatic rings. The molecule has 3 unspecified atom stereocenters. The number of carbonyl (C=O) groups excluding carboxylic acids is 2. The molecule has 0 aliphatic heterocycles. The first-order valence-corrected chi connectivity index (χ1v) is 26.8. The first-order valence-electron chi connectivity index (χ1n) is 26.8. The summed E-state index contributed by atoms with van der Waals surface area (Å²) in [7, 11) is 0. The van der Waals surface area contributed by atoms with Crippen LogP contribution in [0, 0.1) is 0 Å². The summed E-state index contributed by atoms with van der Waals surface area (Å²) >= 11 is 0. The predicted molar refractivity (Wildman–Crippen MR) is 278 cm³/mol. The van der Waals surface area contributed by atoms with E-state index in [2.05, 4.69) is 111 Å². The number of aliphatic hydroxyl groups is 2. The lowest BCUT2D eigenvalue weighted by molar-refractivity contribution is -0.151. The van der Waals surface area contributed by atoms with Crippen molar-refractivity contribution in [1.82, 2.24) is 5.32 Å². The molecule has 0 heterocycles. The van der Waals surface area contributed by atoms with Crippen LogP contribution in [0.3, 0.4) is 0 Å². The molecule has 0 aliphatic carbocycles. The molecule has 0 aromatic heterocycles. The summed E-state index contributed by atoms with van der Waals surface area (Å²) in [6.45, 7) is 6.32. The fourth-order valence-corrected chi connectivity index (χ4v) is 7.66. The average molecular weight is 892 g/mol. The number of amides is 1. The smallest absolute Gasteiger partial charge is 0.306 e. The van der Waals surface area contributed by atoms with Crippen LogP contribution in [0.15, 0.2) is 85.1 Å². The molecule has 0 rings (SSSR count). The van der Waals surface area contributed by atoms with Crippen molar-refractivity contribution in [2.75, 3.05) is 6.61 Å². The number of unbranched alkanes of at least 4 members (excludes halogenated alkanes) is 21. The largest absolute Gasteiger partial charge is 0.462 e. The lowest BCUT2D eigenvalue weighted by Gasteiger charge is -2.24. The van der Waals surface area contributed by atoms with Crippen LogP contribution in [-0.2, 0) is 14.3 Å². The molecule has 368 valence electrons. The van der Waals surface area contributed by atoms with Crippen LogP contribution < -0.4 is 5.32 Å². The van der Waals surface area contributed by atoms with Crippen molar-refractivity contribution < 1.29 is 24.5 Å². The number of allylic oxidation sites excluding steroid dienone is 14. The number of hydrogen-bond donors (Lipinski definition) is 3. The zero-order valence-electron chi connectivity index (χ0n) is 41.9. The van der Waals surface area contributed by atoms with E-state index in [9.17, 15) is 19.8 Å². The van der Waals surface area contributed by atoms with Crippen molar-refractivity contribution in [2.45, 2.75) is 264 Å². The highest BCUT2D eigenvalue weighted by Gasteiger charge is 2.24. The highest BCUT2D eigenvalue weighted by molar-refractivity contribution is 5.77. The fourth-order valence-electron chi connectivity index (χ4n) is 7.66. The molecule has 64 heavy (non-hydrogen) atoms. The number of rotatable bonds is 47. The van der Waals surface area contributed by atoms with Gasteiger partial charge in [0.25, 0.3) is 0 Å². The third-order valence-electron chi connectivity index (χ3n) is 11.7. The van der Waals surface area contributed by atoms with Gasteiger partial charge in [-0.05, 0) is 103 Å². The van der Waals surface area contributed by atoms with Crippen LogP contribution in [0.1, 0.15) is 245 Å². The molecule has 0 fully saturated rings. The monoisotopic (exact) mass is 892 g/mol. The van der Waals surface area contributed by atoms with E-state index in [4.69, 9.17) is 4.74 Å². The maximum atomic E-state index is 13.2. The molecular formula is C58H101NO5. The summed E-state index contributed by atoms with van der Waals surface area (Å²) in [5, 5.41) is 23.7. The summed E-state index contributed by atoms with van der Waals surface area (Å²) in [6.07, 6.45) is 66.4. The van der Waals surface area contributed by atoms with Crippen molar-refractivity contribution >= 4 is 11.9 Å². The number of esters is 1. The molecule has 0 radical (unpaired) electrons. The van der Waals surface area contributed by atoms with Crippen LogP contribution in [0.4, 0.5) is 0 Å². The maximum Gasteiger partial charge on any atom is 0.306 e. The molecule has 3 atom stereocenters. The number of nitrogens with one attached hydrogen (secondary N) is 1. The zero-order chi connectivity index (χ0) is 46.7. The van der Waals surface area contributed by atoms with Crippen molar-refractivity contribution in [2.24, 2.45) is 0 Å². The Hall–Kier alpha value is -2.96. The third-order valence-corrected chi connectivity index (χ3v) is 11.7. The first kappa shape index (κ1) is 61.0. The minimum atomic E-state index is -0.799. The van der Waals surface area contributed by atoms with Crippen molar-refractivity contribution in [3.05, 3.63) is 85.1 Å². The van der Waals surface area contributed by atoms with Gasteiger partial charge >= 0.3 is 5.97 Å². The van der Waals surface area contributed by atoms with Crippen LogP contribution >= 0.6 is 0 Å². The van der Waals surface area contributed by atoms with E-state index in [1.807, 2.05) is 0 Å². The van der Waals surface area contributed by atoms with E-state index in [0.717, 1.165) is 109 Å². The van der Waals surface area contributed by atoms with Gasteiger partial charge in [0.1, 0.15) is 6.10 Å². The van der Waals surface area contributed by atoms with E-state index in [0.29, 0.717) is 19.3 Å². The predicted octanol–water partition coefficient (Wildman–Crippen LogP) is 16.3. The molecule has 0 aromatic carbocycles. The highest BCUT2D eigenvalue weighted by atomic mass is 16.5. The molecule has 0 aromatic rings. The lowest BCUT2D eigenvalue weighted by Crippen LogP contribution is -2.46. The summed E-state index contributed by atoms with van der Waals surface area (Å²) in [5.41, 5.74) is 0. The Morgan fingerprint density at radius 3 is 1.31 bits per heavy atom. The number of ether oxygens (including phenoxy) is 1. The van der Waals surface area contributed by atoms with Gasteiger partial charge in [-0.3, -0.25) is 9.59 Å². The normalized spacial score (nSPS) is 13.9. The van der Waals surface area contributed by atoms with Crippen molar-refractivity contribution in [3.8, 4) is 0 Å². The molecule has 3 N–H and O–H groups in total. The maximum absolute atomic E-state index is 13.2. The highest BCUT2D eigenvalue weighted by Crippen LogP contribution is 2.17. The van der Waals surface area contributed by atoms with Crippen LogP contribution in [0.25, 0.3) is 0 Å². The second-order valence-electron chi connectivity index (χ2n) is 17.9. The first-order chi connectivity index (χ1) is 31.5. The summed E-state index contributed by atoms with van der Waals surface area (Å²) in [5.74, 6) is -0.522. The quantitative estimate of drug-likeness (QED) is 0.0321. The molecule has 0 saturated carbocycles. The van der Waals surface area contributed by atoms with E-state index < -0.39 is 18.2 Å². The Morgan fingerprint density at radius 1 is 0.469 bits per heavy atom. The Morgan fingerprint density at radius 2 is 0.844 bits per heavy atom. The summed E-state index contributed by atoms with van der Waals surface area (Å²) < 4.78 is 5.93. The van der Waals surface area contributed by atoms with Crippen LogP contribution in [0.5, 0.6) is 0 Å². The van der Waals surface area contributed by atoms with E-state index in [1.165, 1.54) is 89.9 Å². The molecule has 0 bridgehead atoms. The number of aliphatic hydroxyl groups excluding tert-OH is 2. The molecule has 6 heteroatoms. The van der Waals surface area contributed by atoms with Gasteiger partial charge in [0, 0.05) is 6.42 Å². The number of carbonyl (C=O) groups is 2. The Kier molecular flexibility index (Phi) is 48.7. The average Bonchev–Trinajstić information content (AvgIpc) is 3.29. The Balaban J connectivity index is 4.65. The second kappa shape index (κ2) is 51.0. The van der Waals surface area contributed by atoms with Gasteiger partial charge in [-0.2, -0.15) is 0 Å². The van der Waals surface area contributed by atoms with Gasteiger partial charge < -0.3 is 20.3 Å². The van der Waals surface area contributed by atoms with Gasteiger partial charge in [-0.25, -0.2) is 0 Å². The van der Waals surface area contributed by atoms with Crippen LogP contribution in [-0.4, -0.2) is 46.9 Å². The minimum absolute atomic E-state index is 0.0548. The van der Waals surface area contributed by atoms with E-state index >= 15 is 0 Å². The third kappa shape index (κ3) is 45.6. The number of hydrogen-bond acceptors (Lipinski definition) is 5.